The molecule has 24 heavy (non-hydrogen) atoms. The van der Waals surface area contributed by atoms with Crippen LogP contribution < -0.4 is 10.2 Å². The molecule has 2 aromatic carbocycles. The number of phenols is 1. The Morgan fingerprint density at radius 1 is 1.38 bits per heavy atom. The van der Waals surface area contributed by atoms with E-state index in [-0.39, 0.29) is 16.9 Å². The molecule has 0 unspecified atom stereocenters. The molecule has 9 heteroatoms. The number of benzene rings is 2. The monoisotopic (exact) mass is 333 g/mol. The number of ether oxygens (including phenoxy) is 1. The highest BCUT2D eigenvalue weighted by Gasteiger charge is 2.19. The second-order valence-corrected chi connectivity index (χ2v) is 4.55. The van der Waals surface area contributed by atoms with E-state index in [0.717, 1.165) is 24.4 Å². The zero-order valence-electron chi connectivity index (χ0n) is 12.4. The first-order valence-electron chi connectivity index (χ1n) is 6.56. The Hall–Kier alpha value is -3.49. The van der Waals surface area contributed by atoms with Gasteiger partial charge < -0.3 is 9.84 Å². The summed E-state index contributed by atoms with van der Waals surface area (Å²) in [6.07, 6.45) is 1.15. The number of hydrogen-bond acceptors (Lipinski definition) is 6. The maximum Gasteiger partial charge on any atom is 0.315 e. The van der Waals surface area contributed by atoms with Crippen molar-refractivity contribution in [3.8, 4) is 11.5 Å². The van der Waals surface area contributed by atoms with Gasteiger partial charge in [0.25, 0.3) is 5.91 Å². The summed E-state index contributed by atoms with van der Waals surface area (Å²) in [4.78, 5) is 21.9. The summed E-state index contributed by atoms with van der Waals surface area (Å²) in [6, 6.07) is 7.23. The summed E-state index contributed by atoms with van der Waals surface area (Å²) in [6.45, 7) is 0. The predicted molar refractivity (Wildman–Crippen MR) is 82.8 cm³/mol. The zero-order chi connectivity index (χ0) is 17.7. The fraction of sp³-hybridized carbons (Fsp3) is 0.0667. The van der Waals surface area contributed by atoms with Crippen LogP contribution in [0.1, 0.15) is 15.9 Å². The molecule has 0 saturated carbocycles. The normalized spacial score (nSPS) is 10.6. The van der Waals surface area contributed by atoms with E-state index in [1.54, 1.807) is 0 Å². The lowest BCUT2D eigenvalue weighted by Gasteiger charge is -2.05. The summed E-state index contributed by atoms with van der Waals surface area (Å²) in [5, 5.41) is 24.2. The molecule has 0 aromatic heterocycles. The molecule has 0 fully saturated rings. The standard InChI is InChI=1S/C15H12FN3O5/c1-24-13-7-9(6-12(14(13)20)19(22)23)8-17-18-15(21)10-2-4-11(16)5-3-10/h2-8,20H,1H3,(H,18,21). The van der Waals surface area contributed by atoms with Crippen LogP contribution >= 0.6 is 0 Å². The molecule has 0 bridgehead atoms. The van der Waals surface area contributed by atoms with E-state index in [2.05, 4.69) is 10.5 Å². The Balaban J connectivity index is 2.16. The molecule has 0 spiro atoms. The third-order valence-electron chi connectivity index (χ3n) is 2.98. The van der Waals surface area contributed by atoms with Crippen LogP contribution in [0, 0.1) is 15.9 Å². The van der Waals surface area contributed by atoms with Crippen molar-refractivity contribution in [2.75, 3.05) is 7.11 Å². The molecule has 0 aliphatic rings. The number of phenolic OH excluding ortho intramolecular Hbond substituents is 1. The second-order valence-electron chi connectivity index (χ2n) is 4.55. The highest BCUT2D eigenvalue weighted by atomic mass is 19.1. The number of carbonyl (C=O) groups excluding carboxylic acids is 1. The van der Waals surface area contributed by atoms with Crippen molar-refractivity contribution in [2.24, 2.45) is 5.10 Å². The average molecular weight is 333 g/mol. The minimum atomic E-state index is -0.772. The lowest BCUT2D eigenvalue weighted by molar-refractivity contribution is -0.386. The third kappa shape index (κ3) is 3.83. The summed E-state index contributed by atoms with van der Waals surface area (Å²) in [7, 11) is 1.25. The number of carbonyl (C=O) groups is 1. The average Bonchev–Trinajstić information content (AvgIpc) is 2.56. The minimum absolute atomic E-state index is 0.101. The largest absolute Gasteiger partial charge is 0.500 e. The molecule has 0 saturated heterocycles. The number of nitro benzene ring substituents is 1. The van der Waals surface area contributed by atoms with Crippen LogP contribution in [0.5, 0.6) is 11.5 Å². The lowest BCUT2D eigenvalue weighted by atomic mass is 10.2. The quantitative estimate of drug-likeness (QED) is 0.495. The summed E-state index contributed by atoms with van der Waals surface area (Å²) in [5.74, 6) is -1.75. The maximum absolute atomic E-state index is 12.8. The van der Waals surface area contributed by atoms with Crippen molar-refractivity contribution >= 4 is 17.8 Å². The SMILES string of the molecule is COc1cc(C=NNC(=O)c2ccc(F)cc2)cc([N+](=O)[O-])c1O. The first-order chi connectivity index (χ1) is 11.4. The molecular weight excluding hydrogens is 321 g/mol. The minimum Gasteiger partial charge on any atom is -0.500 e. The Labute approximate surface area is 135 Å². The Morgan fingerprint density at radius 3 is 2.62 bits per heavy atom. The molecule has 0 radical (unpaired) electrons. The van der Waals surface area contributed by atoms with Crippen molar-refractivity contribution in [2.45, 2.75) is 0 Å². The van der Waals surface area contributed by atoms with Gasteiger partial charge in [0, 0.05) is 17.2 Å². The second kappa shape index (κ2) is 7.18. The number of rotatable bonds is 5. The van der Waals surface area contributed by atoms with Crippen molar-refractivity contribution < 1.29 is 24.0 Å². The summed E-state index contributed by atoms with van der Waals surface area (Å²) >= 11 is 0. The van der Waals surface area contributed by atoms with Gasteiger partial charge in [-0.05, 0) is 30.3 Å². The number of hydrogen-bond donors (Lipinski definition) is 2. The van der Waals surface area contributed by atoms with Gasteiger partial charge in [-0.15, -0.1) is 0 Å². The molecule has 2 aromatic rings. The van der Waals surface area contributed by atoms with Crippen molar-refractivity contribution in [1.82, 2.24) is 5.43 Å². The molecule has 0 atom stereocenters. The van der Waals surface area contributed by atoms with Gasteiger partial charge in [-0.1, -0.05) is 0 Å². The van der Waals surface area contributed by atoms with Gasteiger partial charge in [-0.25, -0.2) is 9.82 Å². The number of aromatic hydroxyl groups is 1. The highest BCUT2D eigenvalue weighted by molar-refractivity contribution is 5.95. The number of nitro groups is 1. The van der Waals surface area contributed by atoms with Crippen LogP contribution in [0.25, 0.3) is 0 Å². The molecule has 1 amide bonds. The number of halogens is 1. The van der Waals surface area contributed by atoms with Gasteiger partial charge >= 0.3 is 5.69 Å². The van der Waals surface area contributed by atoms with Crippen molar-refractivity contribution in [3.05, 3.63) is 63.5 Å². The summed E-state index contributed by atoms with van der Waals surface area (Å²) in [5.41, 5.74) is 2.08. The van der Waals surface area contributed by atoms with Gasteiger partial charge in [0.1, 0.15) is 5.82 Å². The van der Waals surface area contributed by atoms with Gasteiger partial charge in [-0.3, -0.25) is 14.9 Å². The van der Waals surface area contributed by atoms with E-state index in [9.17, 15) is 24.4 Å². The molecule has 0 aliphatic heterocycles. The third-order valence-corrected chi connectivity index (χ3v) is 2.98. The number of nitrogens with one attached hydrogen (secondary N) is 1. The Bertz CT molecular complexity index is 806. The number of methoxy groups -OCH3 is 1. The van der Waals surface area contributed by atoms with Crippen LogP contribution in [0.3, 0.4) is 0 Å². The van der Waals surface area contributed by atoms with Crippen molar-refractivity contribution in [1.29, 1.82) is 0 Å². The van der Waals surface area contributed by atoms with Crippen LogP contribution in [0.4, 0.5) is 10.1 Å². The predicted octanol–water partition coefficient (Wildman–Crippen LogP) is 2.21. The van der Waals surface area contributed by atoms with Gasteiger partial charge in [-0.2, -0.15) is 5.10 Å². The molecule has 124 valence electrons. The first kappa shape index (κ1) is 16.9. The molecule has 2 rings (SSSR count). The van der Waals surface area contributed by atoms with Gasteiger partial charge in [0.05, 0.1) is 18.2 Å². The first-order valence-corrected chi connectivity index (χ1v) is 6.56. The Morgan fingerprint density at radius 2 is 2.04 bits per heavy atom. The fourth-order valence-corrected chi connectivity index (χ4v) is 1.81. The van der Waals surface area contributed by atoms with Crippen LogP contribution in [0.2, 0.25) is 0 Å². The van der Waals surface area contributed by atoms with Gasteiger partial charge in [0.2, 0.25) is 5.75 Å². The molecule has 8 nitrogen and oxygen atoms in total. The highest BCUT2D eigenvalue weighted by Crippen LogP contribution is 2.36. The fourth-order valence-electron chi connectivity index (χ4n) is 1.81. The van der Waals surface area contributed by atoms with E-state index in [4.69, 9.17) is 4.74 Å². The molecule has 0 heterocycles. The smallest absolute Gasteiger partial charge is 0.315 e. The number of nitrogens with zero attached hydrogens (tertiary/aromatic N) is 2. The Kier molecular flexibility index (Phi) is 5.05. The van der Waals surface area contributed by atoms with Crippen LogP contribution in [-0.2, 0) is 0 Å². The number of amides is 1. The topological polar surface area (TPSA) is 114 Å². The zero-order valence-corrected chi connectivity index (χ0v) is 12.4. The molecular formula is C15H12FN3O5. The van der Waals surface area contributed by atoms with Crippen LogP contribution in [-0.4, -0.2) is 29.3 Å². The van der Waals surface area contributed by atoms with E-state index < -0.39 is 28.1 Å². The molecule has 0 aliphatic carbocycles. The molecule has 2 N–H and O–H groups in total. The van der Waals surface area contributed by atoms with E-state index in [1.165, 1.54) is 25.3 Å². The lowest BCUT2D eigenvalue weighted by Crippen LogP contribution is -2.17. The van der Waals surface area contributed by atoms with Gasteiger partial charge in [0.15, 0.2) is 5.75 Å². The maximum atomic E-state index is 12.8. The van der Waals surface area contributed by atoms with E-state index >= 15 is 0 Å². The van der Waals surface area contributed by atoms with Crippen LogP contribution in [0.15, 0.2) is 41.5 Å². The number of hydrazone groups is 1. The van der Waals surface area contributed by atoms with Crippen molar-refractivity contribution in [3.63, 3.8) is 0 Å². The van der Waals surface area contributed by atoms with E-state index in [0.29, 0.717) is 0 Å². The van der Waals surface area contributed by atoms with E-state index in [1.807, 2.05) is 0 Å². The summed E-state index contributed by atoms with van der Waals surface area (Å²) < 4.78 is 17.6.